The highest BCUT2D eigenvalue weighted by atomic mass is 19.1. The van der Waals surface area contributed by atoms with Crippen molar-refractivity contribution >= 4 is 5.91 Å². The van der Waals surface area contributed by atoms with Crippen LogP contribution < -0.4 is 15.8 Å². The summed E-state index contributed by atoms with van der Waals surface area (Å²) >= 11 is 0. The minimum Gasteiger partial charge on any atom is -0.494 e. The van der Waals surface area contributed by atoms with Crippen LogP contribution in [0, 0.1) is 11.7 Å². The average Bonchev–Trinajstić information content (AvgIpc) is 2.35. The summed E-state index contributed by atoms with van der Waals surface area (Å²) in [4.78, 5) is 11.8. The van der Waals surface area contributed by atoms with Crippen molar-refractivity contribution in [2.24, 2.45) is 11.7 Å². The second kappa shape index (κ2) is 7.09. The molecule has 106 valence electrons. The summed E-state index contributed by atoms with van der Waals surface area (Å²) in [5.74, 6) is -0.291. The lowest BCUT2D eigenvalue weighted by molar-refractivity contribution is 0.0949. The van der Waals surface area contributed by atoms with E-state index in [1.165, 1.54) is 19.2 Å². The normalized spacial score (nSPS) is 12.3. The summed E-state index contributed by atoms with van der Waals surface area (Å²) in [6.07, 6.45) is 0.831. The molecule has 0 heterocycles. The van der Waals surface area contributed by atoms with Gasteiger partial charge < -0.3 is 15.8 Å². The third-order valence-electron chi connectivity index (χ3n) is 2.71. The Morgan fingerprint density at radius 3 is 2.68 bits per heavy atom. The third kappa shape index (κ3) is 4.87. The Bertz CT molecular complexity index is 435. The van der Waals surface area contributed by atoms with E-state index in [-0.39, 0.29) is 23.3 Å². The zero-order chi connectivity index (χ0) is 14.4. The molecule has 0 spiro atoms. The van der Waals surface area contributed by atoms with Gasteiger partial charge in [-0.2, -0.15) is 0 Å². The first-order valence-corrected chi connectivity index (χ1v) is 6.31. The highest BCUT2D eigenvalue weighted by Gasteiger charge is 2.12. The molecule has 19 heavy (non-hydrogen) atoms. The number of hydrogen-bond acceptors (Lipinski definition) is 3. The van der Waals surface area contributed by atoms with Gasteiger partial charge in [-0.15, -0.1) is 0 Å². The molecule has 1 rings (SSSR count). The largest absolute Gasteiger partial charge is 0.494 e. The number of hydrogen-bond donors (Lipinski definition) is 2. The van der Waals surface area contributed by atoms with Crippen LogP contribution in [0.1, 0.15) is 30.6 Å². The van der Waals surface area contributed by atoms with Crippen molar-refractivity contribution in [3.8, 4) is 5.75 Å². The molecule has 0 fully saturated rings. The number of benzene rings is 1. The van der Waals surface area contributed by atoms with E-state index in [9.17, 15) is 9.18 Å². The van der Waals surface area contributed by atoms with Gasteiger partial charge in [0.2, 0.25) is 0 Å². The molecule has 4 nitrogen and oxygen atoms in total. The molecule has 5 heteroatoms. The molecule has 0 saturated carbocycles. The molecule has 1 atom stereocenters. The fourth-order valence-corrected chi connectivity index (χ4v) is 1.82. The van der Waals surface area contributed by atoms with Crippen LogP contribution in [0.2, 0.25) is 0 Å². The van der Waals surface area contributed by atoms with E-state index in [2.05, 4.69) is 19.2 Å². The van der Waals surface area contributed by atoms with Gasteiger partial charge in [-0.25, -0.2) is 4.39 Å². The summed E-state index contributed by atoms with van der Waals surface area (Å²) < 4.78 is 18.2. The first kappa shape index (κ1) is 15.4. The van der Waals surface area contributed by atoms with Crippen molar-refractivity contribution in [1.82, 2.24) is 5.32 Å². The van der Waals surface area contributed by atoms with E-state index >= 15 is 0 Å². The van der Waals surface area contributed by atoms with Gasteiger partial charge in [0.15, 0.2) is 11.6 Å². The van der Waals surface area contributed by atoms with Gasteiger partial charge in [-0.05, 0) is 30.5 Å². The van der Waals surface area contributed by atoms with E-state index in [1.807, 2.05) is 0 Å². The number of carbonyl (C=O) groups excluding carboxylic acids is 1. The van der Waals surface area contributed by atoms with Crippen LogP contribution in [0.15, 0.2) is 18.2 Å². The van der Waals surface area contributed by atoms with Crippen LogP contribution >= 0.6 is 0 Å². The molecule has 0 aromatic heterocycles. The number of methoxy groups -OCH3 is 1. The maximum Gasteiger partial charge on any atom is 0.251 e. The molecule has 1 aromatic carbocycles. The Kier molecular flexibility index (Phi) is 5.76. The molecule has 0 radical (unpaired) electrons. The van der Waals surface area contributed by atoms with E-state index in [1.54, 1.807) is 0 Å². The number of halogens is 1. The summed E-state index contributed by atoms with van der Waals surface area (Å²) in [7, 11) is 1.38. The fraction of sp³-hybridized carbons (Fsp3) is 0.500. The Hall–Kier alpha value is -1.62. The summed E-state index contributed by atoms with van der Waals surface area (Å²) in [5.41, 5.74) is 6.13. The molecule has 0 aliphatic rings. The van der Waals surface area contributed by atoms with Gasteiger partial charge in [-0.1, -0.05) is 13.8 Å². The van der Waals surface area contributed by atoms with E-state index < -0.39 is 5.82 Å². The van der Waals surface area contributed by atoms with Gasteiger partial charge in [-0.3, -0.25) is 4.79 Å². The first-order chi connectivity index (χ1) is 8.93. The Labute approximate surface area is 113 Å². The minimum absolute atomic E-state index is 0.0907. The van der Waals surface area contributed by atoms with Crippen molar-refractivity contribution in [1.29, 1.82) is 0 Å². The predicted molar refractivity (Wildman–Crippen MR) is 72.7 cm³/mol. The number of rotatable bonds is 6. The molecule has 0 aliphatic carbocycles. The molecular formula is C14H21FN2O2. The number of nitrogens with one attached hydrogen (secondary N) is 1. The molecular weight excluding hydrogens is 247 g/mol. The Morgan fingerprint density at radius 1 is 1.47 bits per heavy atom. The summed E-state index contributed by atoms with van der Waals surface area (Å²) in [6.45, 7) is 4.52. The van der Waals surface area contributed by atoms with Crippen molar-refractivity contribution in [3.05, 3.63) is 29.6 Å². The van der Waals surface area contributed by atoms with Crippen LogP contribution in [0.25, 0.3) is 0 Å². The van der Waals surface area contributed by atoms with E-state index in [4.69, 9.17) is 10.5 Å². The fourth-order valence-electron chi connectivity index (χ4n) is 1.82. The number of carbonyl (C=O) groups is 1. The van der Waals surface area contributed by atoms with Crippen LogP contribution in [-0.4, -0.2) is 25.6 Å². The van der Waals surface area contributed by atoms with Gasteiger partial charge in [0.05, 0.1) is 7.11 Å². The second-order valence-electron chi connectivity index (χ2n) is 4.95. The van der Waals surface area contributed by atoms with Crippen LogP contribution in [0.5, 0.6) is 5.75 Å². The second-order valence-corrected chi connectivity index (χ2v) is 4.95. The lowest BCUT2D eigenvalue weighted by Crippen LogP contribution is -2.38. The minimum atomic E-state index is -0.554. The van der Waals surface area contributed by atoms with Gasteiger partial charge in [0.25, 0.3) is 5.91 Å². The van der Waals surface area contributed by atoms with Crippen molar-refractivity contribution in [2.45, 2.75) is 26.3 Å². The molecule has 1 unspecified atom stereocenters. The van der Waals surface area contributed by atoms with Gasteiger partial charge in [0, 0.05) is 18.2 Å². The van der Waals surface area contributed by atoms with Crippen molar-refractivity contribution in [2.75, 3.05) is 13.7 Å². The zero-order valence-electron chi connectivity index (χ0n) is 11.6. The Balaban J connectivity index is 2.56. The summed E-state index contributed by atoms with van der Waals surface area (Å²) in [6, 6.07) is 4.01. The number of ether oxygens (including phenoxy) is 1. The molecule has 0 aliphatic heterocycles. The smallest absolute Gasteiger partial charge is 0.251 e. The van der Waals surface area contributed by atoms with Crippen LogP contribution in [-0.2, 0) is 0 Å². The highest BCUT2D eigenvalue weighted by Crippen LogP contribution is 2.17. The quantitative estimate of drug-likeness (QED) is 0.828. The van der Waals surface area contributed by atoms with Crippen LogP contribution in [0.3, 0.4) is 0 Å². The van der Waals surface area contributed by atoms with Gasteiger partial charge >= 0.3 is 0 Å². The van der Waals surface area contributed by atoms with Crippen LogP contribution in [0.4, 0.5) is 4.39 Å². The van der Waals surface area contributed by atoms with Crippen molar-refractivity contribution in [3.63, 3.8) is 0 Å². The topological polar surface area (TPSA) is 64.3 Å². The molecule has 3 N–H and O–H groups in total. The molecule has 1 aromatic rings. The lowest BCUT2D eigenvalue weighted by atomic mass is 10.0. The molecule has 0 bridgehead atoms. The zero-order valence-corrected chi connectivity index (χ0v) is 11.6. The average molecular weight is 268 g/mol. The molecule has 1 amide bonds. The maximum atomic E-state index is 13.5. The third-order valence-corrected chi connectivity index (χ3v) is 2.71. The van der Waals surface area contributed by atoms with E-state index in [0.29, 0.717) is 12.5 Å². The lowest BCUT2D eigenvalue weighted by Gasteiger charge is -2.15. The Morgan fingerprint density at radius 2 is 2.16 bits per heavy atom. The summed E-state index contributed by atoms with van der Waals surface area (Å²) in [5, 5.41) is 2.70. The molecule has 0 saturated heterocycles. The van der Waals surface area contributed by atoms with Gasteiger partial charge in [0.1, 0.15) is 0 Å². The maximum absolute atomic E-state index is 13.5. The van der Waals surface area contributed by atoms with E-state index in [0.717, 1.165) is 12.5 Å². The standard InChI is InChI=1S/C14H21FN2O2/c1-9(2)6-11(16)8-17-14(18)10-4-5-13(19-3)12(15)7-10/h4-5,7,9,11H,6,8,16H2,1-3H3,(H,17,18). The predicted octanol–water partition coefficient (Wildman–Crippen LogP) is 1.94. The first-order valence-electron chi connectivity index (χ1n) is 6.31. The van der Waals surface area contributed by atoms with Crippen molar-refractivity contribution < 1.29 is 13.9 Å². The monoisotopic (exact) mass is 268 g/mol. The SMILES string of the molecule is COc1ccc(C(=O)NCC(N)CC(C)C)cc1F. The highest BCUT2D eigenvalue weighted by molar-refractivity contribution is 5.94. The number of amides is 1. The number of nitrogens with two attached hydrogens (primary N) is 1.